The quantitative estimate of drug-likeness (QED) is 0.895. The Morgan fingerprint density at radius 2 is 1.89 bits per heavy atom. The lowest BCUT2D eigenvalue weighted by Gasteiger charge is -2.33. The van der Waals surface area contributed by atoms with Gasteiger partial charge in [0.25, 0.3) is 0 Å². The fraction of sp³-hybridized carbons (Fsp3) is 0.571. The van der Waals surface area contributed by atoms with E-state index in [1.807, 2.05) is 18.2 Å². The van der Waals surface area contributed by atoms with Crippen molar-refractivity contribution in [3.63, 3.8) is 0 Å². The maximum atomic E-state index is 6.22. The molecule has 0 aliphatic rings. The molecule has 0 radical (unpaired) electrons. The minimum absolute atomic E-state index is 0. The lowest BCUT2D eigenvalue weighted by Crippen LogP contribution is -2.37. The van der Waals surface area contributed by atoms with E-state index in [9.17, 15) is 0 Å². The number of nitrogens with two attached hydrogens (primary N) is 1. The number of rotatable bonds is 5. The minimum Gasteiger partial charge on any atom is -0.330 e. The molecule has 0 bridgehead atoms. The van der Waals surface area contributed by atoms with Gasteiger partial charge in [-0.1, -0.05) is 43.6 Å². The summed E-state index contributed by atoms with van der Waals surface area (Å²) in [5.74, 6) is 0. The second-order valence-electron chi connectivity index (χ2n) is 5.48. The van der Waals surface area contributed by atoms with Crippen molar-refractivity contribution >= 4 is 24.0 Å². The number of hydrogen-bond donors (Lipinski definition) is 1. The molecule has 1 atom stereocenters. The van der Waals surface area contributed by atoms with Crippen LogP contribution in [0.4, 0.5) is 0 Å². The van der Waals surface area contributed by atoms with Crippen LogP contribution in [0.5, 0.6) is 0 Å². The molecule has 2 nitrogen and oxygen atoms in total. The molecule has 0 fully saturated rings. The zero-order valence-electron chi connectivity index (χ0n) is 11.6. The Morgan fingerprint density at radius 3 is 2.39 bits per heavy atom. The topological polar surface area (TPSA) is 29.3 Å². The smallest absolute Gasteiger partial charge is 0.0453 e. The van der Waals surface area contributed by atoms with E-state index in [-0.39, 0.29) is 17.8 Å². The number of benzene rings is 1. The number of hydrogen-bond acceptors (Lipinski definition) is 2. The van der Waals surface area contributed by atoms with Crippen LogP contribution in [0.2, 0.25) is 5.02 Å². The highest BCUT2D eigenvalue weighted by molar-refractivity contribution is 6.31. The summed E-state index contributed by atoms with van der Waals surface area (Å²) in [5.41, 5.74) is 7.07. The summed E-state index contributed by atoms with van der Waals surface area (Å²) in [6, 6.07) is 8.31. The van der Waals surface area contributed by atoms with Crippen LogP contribution in [0.15, 0.2) is 24.3 Å². The number of nitrogens with zero attached hydrogens (tertiary/aromatic N) is 1. The molecule has 0 amide bonds. The van der Waals surface area contributed by atoms with Gasteiger partial charge >= 0.3 is 0 Å². The summed E-state index contributed by atoms with van der Waals surface area (Å²) in [5, 5.41) is 0.831. The van der Waals surface area contributed by atoms with E-state index in [1.54, 1.807) is 0 Å². The van der Waals surface area contributed by atoms with Crippen LogP contribution in [0.1, 0.15) is 32.4 Å². The summed E-state index contributed by atoms with van der Waals surface area (Å²) in [6.45, 7) is 8.18. The van der Waals surface area contributed by atoms with Crippen molar-refractivity contribution in [2.24, 2.45) is 11.1 Å². The average molecular weight is 291 g/mol. The molecule has 18 heavy (non-hydrogen) atoms. The third-order valence-corrected chi connectivity index (χ3v) is 3.59. The molecule has 1 aromatic carbocycles. The third kappa shape index (κ3) is 4.77. The van der Waals surface area contributed by atoms with E-state index in [0.717, 1.165) is 11.6 Å². The van der Waals surface area contributed by atoms with Crippen LogP contribution in [-0.2, 0) is 0 Å². The largest absolute Gasteiger partial charge is 0.330 e. The molecule has 104 valence electrons. The molecule has 0 saturated heterocycles. The van der Waals surface area contributed by atoms with E-state index in [0.29, 0.717) is 12.6 Å². The SMILES string of the molecule is CC(c1ccccc1Cl)N(C)CC(C)(C)CN.Cl. The maximum Gasteiger partial charge on any atom is 0.0453 e. The average Bonchev–Trinajstić information content (AvgIpc) is 2.28. The van der Waals surface area contributed by atoms with Crippen LogP contribution in [-0.4, -0.2) is 25.0 Å². The monoisotopic (exact) mass is 290 g/mol. The van der Waals surface area contributed by atoms with Gasteiger partial charge < -0.3 is 5.73 Å². The van der Waals surface area contributed by atoms with E-state index in [2.05, 4.69) is 38.8 Å². The standard InChI is InChI=1S/C14H23ClN2.ClH/c1-11(12-7-5-6-8-13(12)15)17(4)10-14(2,3)9-16;/h5-8,11H,9-10,16H2,1-4H3;1H. The Morgan fingerprint density at radius 1 is 1.33 bits per heavy atom. The van der Waals surface area contributed by atoms with Crippen LogP contribution >= 0.6 is 24.0 Å². The van der Waals surface area contributed by atoms with Crippen molar-refractivity contribution in [1.29, 1.82) is 0 Å². The molecule has 2 N–H and O–H groups in total. The van der Waals surface area contributed by atoms with Crippen molar-refractivity contribution < 1.29 is 0 Å². The molecule has 0 aliphatic carbocycles. The molecular weight excluding hydrogens is 267 g/mol. The molecule has 0 saturated carbocycles. The summed E-state index contributed by atoms with van der Waals surface area (Å²) < 4.78 is 0. The van der Waals surface area contributed by atoms with Crippen LogP contribution in [0, 0.1) is 5.41 Å². The summed E-state index contributed by atoms with van der Waals surface area (Å²) in [7, 11) is 2.12. The Labute approximate surface area is 122 Å². The Bertz CT molecular complexity index is 367. The van der Waals surface area contributed by atoms with Gasteiger partial charge in [0.2, 0.25) is 0 Å². The van der Waals surface area contributed by atoms with Crippen LogP contribution < -0.4 is 5.73 Å². The van der Waals surface area contributed by atoms with Gasteiger partial charge in [-0.25, -0.2) is 0 Å². The van der Waals surface area contributed by atoms with Crippen LogP contribution in [0.3, 0.4) is 0 Å². The highest BCUT2D eigenvalue weighted by Crippen LogP contribution is 2.28. The van der Waals surface area contributed by atoms with Gasteiger partial charge in [-0.2, -0.15) is 0 Å². The lowest BCUT2D eigenvalue weighted by molar-refractivity contribution is 0.174. The van der Waals surface area contributed by atoms with Gasteiger partial charge in [0.15, 0.2) is 0 Å². The molecule has 0 aliphatic heterocycles. The molecule has 0 heterocycles. The molecule has 1 aromatic rings. The molecular formula is C14H24Cl2N2. The highest BCUT2D eigenvalue weighted by Gasteiger charge is 2.22. The Kier molecular flexibility index (Phi) is 7.23. The molecule has 0 spiro atoms. The van der Waals surface area contributed by atoms with Gasteiger partial charge in [-0.15, -0.1) is 12.4 Å². The van der Waals surface area contributed by atoms with Gasteiger partial charge in [0.1, 0.15) is 0 Å². The third-order valence-electron chi connectivity index (χ3n) is 3.25. The zero-order chi connectivity index (χ0) is 13.1. The van der Waals surface area contributed by atoms with Gasteiger partial charge in [0.05, 0.1) is 0 Å². The van der Waals surface area contributed by atoms with E-state index < -0.39 is 0 Å². The van der Waals surface area contributed by atoms with Crippen molar-refractivity contribution in [3.8, 4) is 0 Å². The van der Waals surface area contributed by atoms with Crippen molar-refractivity contribution in [2.45, 2.75) is 26.8 Å². The van der Waals surface area contributed by atoms with Crippen molar-refractivity contribution in [3.05, 3.63) is 34.9 Å². The predicted octanol–water partition coefficient (Wildman–Crippen LogP) is 3.74. The van der Waals surface area contributed by atoms with Gasteiger partial charge in [-0.05, 0) is 37.6 Å². The van der Waals surface area contributed by atoms with Crippen molar-refractivity contribution in [2.75, 3.05) is 20.1 Å². The van der Waals surface area contributed by atoms with Crippen molar-refractivity contribution in [1.82, 2.24) is 4.90 Å². The Balaban J connectivity index is 0.00000289. The second-order valence-corrected chi connectivity index (χ2v) is 5.89. The molecule has 1 unspecified atom stereocenters. The second kappa shape index (κ2) is 7.34. The first-order valence-electron chi connectivity index (χ1n) is 6.02. The maximum absolute atomic E-state index is 6.22. The predicted molar refractivity (Wildman–Crippen MR) is 82.6 cm³/mol. The highest BCUT2D eigenvalue weighted by atomic mass is 35.5. The normalized spacial score (nSPS) is 13.3. The van der Waals surface area contributed by atoms with E-state index in [1.165, 1.54) is 5.56 Å². The van der Waals surface area contributed by atoms with Gasteiger partial charge in [-0.3, -0.25) is 4.90 Å². The first-order chi connectivity index (χ1) is 7.87. The first-order valence-corrected chi connectivity index (χ1v) is 6.40. The van der Waals surface area contributed by atoms with Gasteiger partial charge in [0, 0.05) is 17.6 Å². The zero-order valence-corrected chi connectivity index (χ0v) is 13.2. The summed E-state index contributed by atoms with van der Waals surface area (Å²) >= 11 is 6.22. The fourth-order valence-corrected chi connectivity index (χ4v) is 2.22. The van der Waals surface area contributed by atoms with E-state index in [4.69, 9.17) is 17.3 Å². The summed E-state index contributed by atoms with van der Waals surface area (Å²) in [6.07, 6.45) is 0. The Hall–Kier alpha value is -0.280. The molecule has 1 rings (SSSR count). The van der Waals surface area contributed by atoms with Crippen LogP contribution in [0.25, 0.3) is 0 Å². The molecule has 0 aromatic heterocycles. The van der Waals surface area contributed by atoms with E-state index >= 15 is 0 Å². The molecule has 4 heteroatoms. The minimum atomic E-state index is 0. The summed E-state index contributed by atoms with van der Waals surface area (Å²) in [4.78, 5) is 2.30. The first kappa shape index (κ1) is 17.7. The number of halogens is 2. The lowest BCUT2D eigenvalue weighted by atomic mass is 9.92. The fourth-order valence-electron chi connectivity index (χ4n) is 1.93.